The smallest absolute Gasteiger partial charge is 0.229 e. The first-order valence-electron chi connectivity index (χ1n) is 7.14. The largest absolute Gasteiger partial charge is 0.550 e. The van der Waals surface area contributed by atoms with Gasteiger partial charge in [0.25, 0.3) is 0 Å². The Kier molecular flexibility index (Phi) is 3.53. The Hall–Kier alpha value is -2.13. The van der Waals surface area contributed by atoms with Gasteiger partial charge in [0.05, 0.1) is 11.5 Å². The number of amides is 1. The van der Waals surface area contributed by atoms with E-state index in [4.69, 9.17) is 0 Å². The molecule has 0 unspecified atom stereocenters. The lowest BCUT2D eigenvalue weighted by atomic mass is 9.82. The van der Waals surface area contributed by atoms with Gasteiger partial charge in [0, 0.05) is 16.8 Å². The van der Waals surface area contributed by atoms with Crippen LogP contribution >= 0.6 is 11.3 Å². The molecule has 0 saturated heterocycles. The van der Waals surface area contributed by atoms with Crippen LogP contribution in [0.2, 0.25) is 0 Å². The second kappa shape index (κ2) is 5.25. The van der Waals surface area contributed by atoms with Gasteiger partial charge in [-0.1, -0.05) is 12.2 Å². The van der Waals surface area contributed by atoms with Crippen LogP contribution in [0, 0.1) is 48.9 Å². The number of hydrogen-bond donors (Lipinski definition) is 1. The molecule has 5 nitrogen and oxygen atoms in total. The Morgan fingerprint density at radius 3 is 2.55 bits per heavy atom. The van der Waals surface area contributed by atoms with Crippen molar-refractivity contribution in [2.75, 3.05) is 5.32 Å². The van der Waals surface area contributed by atoms with Crippen molar-refractivity contribution in [1.29, 1.82) is 5.26 Å². The molecule has 1 aromatic heterocycles. The zero-order chi connectivity index (χ0) is 16.0. The summed E-state index contributed by atoms with van der Waals surface area (Å²) in [4.78, 5) is 24.9. The predicted octanol–water partition coefficient (Wildman–Crippen LogP) is 1.36. The van der Waals surface area contributed by atoms with Crippen LogP contribution in [0.15, 0.2) is 12.2 Å². The van der Waals surface area contributed by atoms with Gasteiger partial charge in [-0.15, -0.1) is 11.3 Å². The zero-order valence-electron chi connectivity index (χ0n) is 12.3. The number of carboxylic acids is 1. The minimum Gasteiger partial charge on any atom is -0.550 e. The third kappa shape index (κ3) is 2.13. The lowest BCUT2D eigenvalue weighted by molar-refractivity contribution is -0.313. The quantitative estimate of drug-likeness (QED) is 0.852. The number of aryl methyl sites for hydroxylation is 1. The lowest BCUT2D eigenvalue weighted by Crippen LogP contribution is -2.42. The highest BCUT2D eigenvalue weighted by molar-refractivity contribution is 7.16. The number of hydrogen-bond acceptors (Lipinski definition) is 5. The van der Waals surface area contributed by atoms with Crippen LogP contribution < -0.4 is 10.4 Å². The summed E-state index contributed by atoms with van der Waals surface area (Å²) < 4.78 is 0. The monoisotopic (exact) mass is 315 g/mol. The Morgan fingerprint density at radius 1 is 1.32 bits per heavy atom. The number of nitriles is 1. The first-order valence-corrected chi connectivity index (χ1v) is 7.95. The van der Waals surface area contributed by atoms with Crippen molar-refractivity contribution in [1.82, 2.24) is 0 Å². The Balaban J connectivity index is 1.86. The lowest BCUT2D eigenvalue weighted by Gasteiger charge is -2.27. The second-order valence-corrected chi connectivity index (χ2v) is 7.13. The van der Waals surface area contributed by atoms with E-state index in [1.54, 1.807) is 0 Å². The van der Waals surface area contributed by atoms with Crippen molar-refractivity contribution in [2.24, 2.45) is 23.7 Å². The predicted molar refractivity (Wildman–Crippen MR) is 79.9 cm³/mol. The number of nitrogens with one attached hydrogen (secondary N) is 1. The molecule has 0 spiro atoms. The first-order chi connectivity index (χ1) is 10.4. The minimum atomic E-state index is -1.17. The van der Waals surface area contributed by atoms with Crippen LogP contribution in [0.4, 0.5) is 5.00 Å². The van der Waals surface area contributed by atoms with Gasteiger partial charge in [-0.2, -0.15) is 5.26 Å². The summed E-state index contributed by atoms with van der Waals surface area (Å²) in [7, 11) is 0. The molecule has 114 valence electrons. The third-order valence-electron chi connectivity index (χ3n) is 4.77. The van der Waals surface area contributed by atoms with Crippen LogP contribution in [-0.4, -0.2) is 11.9 Å². The van der Waals surface area contributed by atoms with Crippen molar-refractivity contribution in [3.63, 3.8) is 0 Å². The molecule has 3 rings (SSSR count). The average molecular weight is 315 g/mol. The van der Waals surface area contributed by atoms with E-state index < -0.39 is 17.8 Å². The highest BCUT2D eigenvalue weighted by Gasteiger charge is 2.48. The summed E-state index contributed by atoms with van der Waals surface area (Å²) in [5.74, 6) is -3.06. The molecule has 1 fully saturated rings. The number of aliphatic carboxylic acids is 1. The van der Waals surface area contributed by atoms with Crippen LogP contribution in [0.5, 0.6) is 0 Å². The van der Waals surface area contributed by atoms with Crippen LogP contribution in [0.1, 0.15) is 22.4 Å². The number of nitrogens with zero attached hydrogens (tertiary/aromatic N) is 1. The molecule has 2 aliphatic carbocycles. The molecule has 1 aromatic rings. The highest BCUT2D eigenvalue weighted by Crippen LogP contribution is 2.48. The van der Waals surface area contributed by atoms with Gasteiger partial charge < -0.3 is 15.2 Å². The third-order valence-corrected chi connectivity index (χ3v) is 5.89. The molecule has 6 heteroatoms. The first kappa shape index (κ1) is 14.8. The number of thiophene rings is 1. The average Bonchev–Trinajstić information content (AvgIpc) is 3.13. The van der Waals surface area contributed by atoms with E-state index in [9.17, 15) is 20.0 Å². The van der Waals surface area contributed by atoms with E-state index in [2.05, 4.69) is 11.4 Å². The van der Waals surface area contributed by atoms with Gasteiger partial charge in [0.2, 0.25) is 5.91 Å². The SMILES string of the molecule is Cc1sc(NC(=O)[C@H]2[C@@H](C(=O)[O-])[C@H]3C=C[C@@H]2C3)c(C#N)c1C. The summed E-state index contributed by atoms with van der Waals surface area (Å²) in [6.45, 7) is 3.73. The number of allylic oxidation sites excluding steroid dienone is 2. The fourth-order valence-electron chi connectivity index (χ4n) is 3.55. The maximum absolute atomic E-state index is 12.6. The Labute approximate surface area is 132 Å². The van der Waals surface area contributed by atoms with Gasteiger partial charge in [-0.3, -0.25) is 4.79 Å². The minimum absolute atomic E-state index is 0.0550. The van der Waals surface area contributed by atoms with Crippen molar-refractivity contribution in [2.45, 2.75) is 20.3 Å². The summed E-state index contributed by atoms with van der Waals surface area (Å²) in [5.41, 5.74) is 1.31. The molecule has 0 radical (unpaired) electrons. The number of fused-ring (bicyclic) bond motifs is 2. The molecular formula is C16H15N2O3S-. The van der Waals surface area contributed by atoms with Gasteiger partial charge >= 0.3 is 0 Å². The summed E-state index contributed by atoms with van der Waals surface area (Å²) in [6, 6.07) is 2.10. The highest BCUT2D eigenvalue weighted by atomic mass is 32.1. The van der Waals surface area contributed by atoms with Crippen LogP contribution in [-0.2, 0) is 9.59 Å². The summed E-state index contributed by atoms with van der Waals surface area (Å²) in [6.07, 6.45) is 4.48. The maximum atomic E-state index is 12.6. The molecule has 2 aliphatic rings. The molecule has 0 aromatic carbocycles. The standard InChI is InChI=1S/C16H16N2O3S/c1-7-8(2)22-15(11(7)6-17)18-14(19)12-9-3-4-10(5-9)13(12)16(20)21/h3-4,9-10,12-13H,5H2,1-2H3,(H,18,19)(H,20,21)/p-1/t9-,10+,12-,13+/m1/s1. The molecule has 4 atom stereocenters. The maximum Gasteiger partial charge on any atom is 0.229 e. The normalized spacial score (nSPS) is 28.6. The fourth-order valence-corrected chi connectivity index (χ4v) is 4.56. The van der Waals surface area contributed by atoms with Gasteiger partial charge in [0.1, 0.15) is 11.1 Å². The molecule has 1 saturated carbocycles. The van der Waals surface area contributed by atoms with E-state index >= 15 is 0 Å². The number of carbonyl (C=O) groups excluding carboxylic acids is 2. The van der Waals surface area contributed by atoms with Crippen molar-refractivity contribution in [3.8, 4) is 6.07 Å². The van der Waals surface area contributed by atoms with Crippen LogP contribution in [0.25, 0.3) is 0 Å². The van der Waals surface area contributed by atoms with E-state index in [-0.39, 0.29) is 17.7 Å². The molecule has 1 N–H and O–H groups in total. The molecule has 0 aliphatic heterocycles. The van der Waals surface area contributed by atoms with Crippen molar-refractivity contribution in [3.05, 3.63) is 28.2 Å². The van der Waals surface area contributed by atoms with Gasteiger partial charge in [0.15, 0.2) is 0 Å². The van der Waals surface area contributed by atoms with Crippen LogP contribution in [0.3, 0.4) is 0 Å². The van der Waals surface area contributed by atoms with Crippen molar-refractivity contribution < 1.29 is 14.7 Å². The van der Waals surface area contributed by atoms with E-state index in [1.807, 2.05) is 26.0 Å². The molecule has 22 heavy (non-hydrogen) atoms. The van der Waals surface area contributed by atoms with Gasteiger partial charge in [-0.05, 0) is 37.7 Å². The second-order valence-electron chi connectivity index (χ2n) is 5.91. The van der Waals surface area contributed by atoms with E-state index in [1.165, 1.54) is 11.3 Å². The number of anilines is 1. The summed E-state index contributed by atoms with van der Waals surface area (Å²) in [5, 5.41) is 23.9. The molecule has 1 amide bonds. The molecule has 2 bridgehead atoms. The van der Waals surface area contributed by atoms with E-state index in [0.29, 0.717) is 17.0 Å². The van der Waals surface area contributed by atoms with E-state index in [0.717, 1.165) is 10.4 Å². The number of carboxylic acid groups (broad SMARTS) is 1. The van der Waals surface area contributed by atoms with Gasteiger partial charge in [-0.25, -0.2) is 0 Å². The topological polar surface area (TPSA) is 93.0 Å². The molecule has 1 heterocycles. The number of rotatable bonds is 3. The Bertz CT molecular complexity index is 728. The zero-order valence-corrected chi connectivity index (χ0v) is 13.1. The molecular weight excluding hydrogens is 300 g/mol. The van der Waals surface area contributed by atoms with Crippen molar-refractivity contribution >= 4 is 28.2 Å². The number of carbonyl (C=O) groups is 2. The Morgan fingerprint density at radius 2 is 1.95 bits per heavy atom. The fraction of sp³-hybridized carbons (Fsp3) is 0.438. The summed E-state index contributed by atoms with van der Waals surface area (Å²) >= 11 is 1.35.